The smallest absolute Gasteiger partial charge is 0.282 e. The first kappa shape index (κ1) is 18.2. The summed E-state index contributed by atoms with van der Waals surface area (Å²) >= 11 is 0. The summed E-state index contributed by atoms with van der Waals surface area (Å²) in [6.07, 6.45) is 0.277. The summed E-state index contributed by atoms with van der Waals surface area (Å²) in [6.45, 7) is 4.88. The number of hydrogen-bond donors (Lipinski definition) is 1. The molecule has 1 saturated heterocycles. The van der Waals surface area contributed by atoms with Crippen molar-refractivity contribution in [2.24, 2.45) is 5.41 Å². The van der Waals surface area contributed by atoms with Crippen molar-refractivity contribution in [2.75, 3.05) is 37.5 Å². The first-order chi connectivity index (χ1) is 11.0. The SMILES string of the molecule is COc1nc(N2CC(F)(F)C2)nc(OC)c1NC(=O)CC(C)(C)C. The molecule has 0 radical (unpaired) electrons. The molecule has 0 aromatic carbocycles. The molecular formula is C15H22F2N4O3. The van der Waals surface area contributed by atoms with E-state index in [4.69, 9.17) is 9.47 Å². The molecule has 0 spiro atoms. The molecule has 1 aliphatic rings. The van der Waals surface area contributed by atoms with Gasteiger partial charge in [0.1, 0.15) is 0 Å². The molecule has 7 nitrogen and oxygen atoms in total. The van der Waals surface area contributed by atoms with E-state index in [9.17, 15) is 13.6 Å². The molecular weight excluding hydrogens is 322 g/mol. The Balaban J connectivity index is 2.26. The average Bonchev–Trinajstić information content (AvgIpc) is 2.42. The van der Waals surface area contributed by atoms with Crippen molar-refractivity contribution in [3.63, 3.8) is 0 Å². The Morgan fingerprint density at radius 3 is 2.08 bits per heavy atom. The van der Waals surface area contributed by atoms with E-state index in [1.54, 1.807) is 0 Å². The lowest BCUT2D eigenvalue weighted by atomic mass is 9.92. The van der Waals surface area contributed by atoms with Crippen molar-refractivity contribution < 1.29 is 23.0 Å². The Labute approximate surface area is 139 Å². The van der Waals surface area contributed by atoms with Gasteiger partial charge in [0.15, 0.2) is 5.69 Å². The topological polar surface area (TPSA) is 76.6 Å². The Hall–Kier alpha value is -2.19. The Kier molecular flexibility index (Phi) is 4.82. The summed E-state index contributed by atoms with van der Waals surface area (Å²) in [6, 6.07) is 0. The number of aromatic nitrogens is 2. The molecule has 0 unspecified atom stereocenters. The predicted octanol–water partition coefficient (Wildman–Crippen LogP) is 2.32. The van der Waals surface area contributed by atoms with Crippen molar-refractivity contribution in [1.82, 2.24) is 9.97 Å². The maximum atomic E-state index is 13.0. The largest absolute Gasteiger partial charge is 0.479 e. The minimum atomic E-state index is -2.75. The van der Waals surface area contributed by atoms with Gasteiger partial charge in [-0.1, -0.05) is 20.8 Å². The molecule has 2 heterocycles. The zero-order valence-corrected chi connectivity index (χ0v) is 14.4. The molecule has 1 fully saturated rings. The summed E-state index contributed by atoms with van der Waals surface area (Å²) in [5.74, 6) is -2.79. The lowest BCUT2D eigenvalue weighted by Gasteiger charge is -2.38. The fourth-order valence-corrected chi connectivity index (χ4v) is 2.27. The van der Waals surface area contributed by atoms with Crippen LogP contribution < -0.4 is 19.7 Å². The monoisotopic (exact) mass is 344 g/mol. The van der Waals surface area contributed by atoms with Crippen LogP contribution in [0.25, 0.3) is 0 Å². The number of rotatable bonds is 5. The van der Waals surface area contributed by atoms with Crippen LogP contribution in [0.5, 0.6) is 11.8 Å². The third kappa shape index (κ3) is 4.21. The van der Waals surface area contributed by atoms with Crippen LogP contribution >= 0.6 is 0 Å². The van der Waals surface area contributed by atoms with Gasteiger partial charge in [0, 0.05) is 6.42 Å². The van der Waals surface area contributed by atoms with Gasteiger partial charge in [-0.3, -0.25) is 4.79 Å². The number of hydrogen-bond acceptors (Lipinski definition) is 6. The number of alkyl halides is 2. The highest BCUT2D eigenvalue weighted by molar-refractivity contribution is 5.93. The van der Waals surface area contributed by atoms with Crippen LogP contribution in [-0.4, -0.2) is 49.1 Å². The van der Waals surface area contributed by atoms with Crippen molar-refractivity contribution in [1.29, 1.82) is 0 Å². The van der Waals surface area contributed by atoms with Crippen LogP contribution in [0.4, 0.5) is 20.4 Å². The van der Waals surface area contributed by atoms with E-state index in [0.717, 1.165) is 0 Å². The third-order valence-corrected chi connectivity index (χ3v) is 3.30. The number of carbonyl (C=O) groups is 1. The van der Waals surface area contributed by atoms with Gasteiger partial charge in [-0.15, -0.1) is 0 Å². The van der Waals surface area contributed by atoms with Crippen molar-refractivity contribution in [2.45, 2.75) is 33.1 Å². The maximum absolute atomic E-state index is 13.0. The fourth-order valence-electron chi connectivity index (χ4n) is 2.27. The van der Waals surface area contributed by atoms with Gasteiger partial charge >= 0.3 is 0 Å². The van der Waals surface area contributed by atoms with Crippen LogP contribution in [0.15, 0.2) is 0 Å². The van der Waals surface area contributed by atoms with E-state index in [0.29, 0.717) is 0 Å². The van der Waals surface area contributed by atoms with E-state index >= 15 is 0 Å². The van der Waals surface area contributed by atoms with Gasteiger partial charge in [0.05, 0.1) is 27.3 Å². The summed E-state index contributed by atoms with van der Waals surface area (Å²) in [5.41, 5.74) is -0.0144. The van der Waals surface area contributed by atoms with E-state index in [1.807, 2.05) is 20.8 Å². The summed E-state index contributed by atoms with van der Waals surface area (Å²) < 4.78 is 36.4. The highest BCUT2D eigenvalue weighted by Gasteiger charge is 2.45. The van der Waals surface area contributed by atoms with E-state index in [-0.39, 0.29) is 41.1 Å². The first-order valence-corrected chi connectivity index (χ1v) is 7.47. The first-order valence-electron chi connectivity index (χ1n) is 7.47. The predicted molar refractivity (Wildman–Crippen MR) is 85.0 cm³/mol. The fraction of sp³-hybridized carbons (Fsp3) is 0.667. The molecule has 2 rings (SSSR count). The quantitative estimate of drug-likeness (QED) is 0.883. The molecule has 1 amide bonds. The number of methoxy groups -OCH3 is 2. The summed E-state index contributed by atoms with van der Waals surface area (Å²) in [4.78, 5) is 21.7. The number of carbonyl (C=O) groups excluding carboxylic acids is 1. The third-order valence-electron chi connectivity index (χ3n) is 3.30. The lowest BCUT2D eigenvalue weighted by Crippen LogP contribution is -2.57. The molecule has 9 heteroatoms. The molecule has 0 atom stereocenters. The normalized spacial score (nSPS) is 16.4. The molecule has 0 saturated carbocycles. The highest BCUT2D eigenvalue weighted by atomic mass is 19.3. The second-order valence-electron chi connectivity index (χ2n) is 6.91. The Bertz CT molecular complexity index is 599. The average molecular weight is 344 g/mol. The van der Waals surface area contributed by atoms with Gasteiger partial charge in [-0.05, 0) is 5.41 Å². The zero-order valence-electron chi connectivity index (χ0n) is 14.4. The molecule has 134 valence electrons. The minimum Gasteiger partial charge on any atom is -0.479 e. The molecule has 1 aromatic rings. The van der Waals surface area contributed by atoms with Gasteiger partial charge in [0.2, 0.25) is 23.6 Å². The van der Waals surface area contributed by atoms with Crippen molar-refractivity contribution in [3.8, 4) is 11.8 Å². The number of nitrogens with one attached hydrogen (secondary N) is 1. The van der Waals surface area contributed by atoms with Crippen LogP contribution in [-0.2, 0) is 4.79 Å². The number of halogens is 2. The zero-order chi connectivity index (χ0) is 18.1. The lowest BCUT2D eigenvalue weighted by molar-refractivity contribution is -0.117. The van der Waals surface area contributed by atoms with Crippen LogP contribution in [0, 0.1) is 5.41 Å². The number of ether oxygens (including phenoxy) is 2. The Morgan fingerprint density at radius 1 is 1.21 bits per heavy atom. The number of nitrogens with zero attached hydrogens (tertiary/aromatic N) is 3. The number of anilines is 2. The second kappa shape index (κ2) is 6.37. The van der Waals surface area contributed by atoms with E-state index in [2.05, 4.69) is 15.3 Å². The van der Waals surface area contributed by atoms with Gasteiger partial charge in [0.25, 0.3) is 5.92 Å². The van der Waals surface area contributed by atoms with Gasteiger partial charge < -0.3 is 19.7 Å². The molecule has 0 aliphatic carbocycles. The molecule has 24 heavy (non-hydrogen) atoms. The van der Waals surface area contributed by atoms with Crippen molar-refractivity contribution >= 4 is 17.5 Å². The summed E-state index contributed by atoms with van der Waals surface area (Å²) in [5, 5.41) is 2.68. The highest BCUT2D eigenvalue weighted by Crippen LogP contribution is 2.37. The molecule has 1 aliphatic heterocycles. The summed E-state index contributed by atoms with van der Waals surface area (Å²) in [7, 11) is 2.74. The maximum Gasteiger partial charge on any atom is 0.282 e. The second-order valence-corrected chi connectivity index (χ2v) is 6.91. The molecule has 0 bridgehead atoms. The molecule has 1 N–H and O–H groups in total. The number of amides is 1. The minimum absolute atomic E-state index is 0.0642. The van der Waals surface area contributed by atoms with Crippen LogP contribution in [0.3, 0.4) is 0 Å². The Morgan fingerprint density at radius 2 is 1.71 bits per heavy atom. The van der Waals surface area contributed by atoms with Crippen LogP contribution in [0.1, 0.15) is 27.2 Å². The van der Waals surface area contributed by atoms with Gasteiger partial charge in [-0.2, -0.15) is 9.97 Å². The standard InChI is InChI=1S/C15H22F2N4O3/c1-14(2,3)6-9(22)18-10-11(23-4)19-13(20-12(10)24-5)21-7-15(16,17)8-21/h6-8H2,1-5H3,(H,18,22). The molecule has 1 aromatic heterocycles. The van der Waals surface area contributed by atoms with Crippen molar-refractivity contribution in [3.05, 3.63) is 0 Å². The van der Waals surface area contributed by atoms with E-state index < -0.39 is 19.0 Å². The van der Waals surface area contributed by atoms with Crippen LogP contribution in [0.2, 0.25) is 0 Å². The van der Waals surface area contributed by atoms with Gasteiger partial charge in [-0.25, -0.2) is 8.78 Å². The van der Waals surface area contributed by atoms with E-state index in [1.165, 1.54) is 19.1 Å².